The van der Waals surface area contributed by atoms with Crippen molar-refractivity contribution in [3.05, 3.63) is 70.9 Å². The molecule has 0 fully saturated rings. The highest BCUT2D eigenvalue weighted by Gasteiger charge is 2.38. The van der Waals surface area contributed by atoms with E-state index in [1.807, 2.05) is 24.3 Å². The number of benzene rings is 2. The summed E-state index contributed by atoms with van der Waals surface area (Å²) in [4.78, 5) is 25.3. The van der Waals surface area contributed by atoms with Crippen LogP contribution < -0.4 is 10.1 Å². The first-order valence-corrected chi connectivity index (χ1v) is 9.04. The van der Waals surface area contributed by atoms with E-state index < -0.39 is 0 Å². The smallest absolute Gasteiger partial charge is 0.225 e. The summed E-state index contributed by atoms with van der Waals surface area (Å²) in [5, 5.41) is 12.5. The molecule has 27 heavy (non-hydrogen) atoms. The zero-order chi connectivity index (χ0) is 19.0. The zero-order valence-electron chi connectivity index (χ0n) is 15.1. The van der Waals surface area contributed by atoms with Crippen LogP contribution >= 0.6 is 0 Å². The normalized spacial score (nSPS) is 22.3. The fraction of sp³-hybridized carbons (Fsp3) is 0.273. The number of allylic oxidation sites excluding steroid dienone is 2. The molecule has 2 atom stereocenters. The number of aromatic hydroxyl groups is 1. The van der Waals surface area contributed by atoms with E-state index in [9.17, 15) is 14.7 Å². The van der Waals surface area contributed by atoms with Crippen LogP contribution in [0.2, 0.25) is 0 Å². The molecule has 0 radical (unpaired) electrons. The third-order valence-corrected chi connectivity index (χ3v) is 5.42. The lowest BCUT2D eigenvalue weighted by Crippen LogP contribution is -2.38. The maximum absolute atomic E-state index is 13.0. The first kappa shape index (κ1) is 17.3. The Morgan fingerprint density at radius 3 is 2.26 bits per heavy atom. The summed E-state index contributed by atoms with van der Waals surface area (Å²) in [6.45, 7) is 0. The molecule has 5 nitrogen and oxygen atoms in total. The van der Waals surface area contributed by atoms with Crippen LogP contribution in [0, 0.1) is 0 Å². The molecule has 0 aromatic heterocycles. The van der Waals surface area contributed by atoms with Gasteiger partial charge in [-0.05, 0) is 47.7 Å². The van der Waals surface area contributed by atoms with Crippen LogP contribution in [-0.2, 0) is 9.59 Å². The molecule has 4 rings (SSSR count). The van der Waals surface area contributed by atoms with Gasteiger partial charge in [0.05, 0.1) is 7.11 Å². The Balaban J connectivity index is 1.67. The lowest BCUT2D eigenvalue weighted by molar-refractivity contribution is -0.122. The lowest BCUT2D eigenvalue weighted by Gasteiger charge is -2.34. The van der Waals surface area contributed by atoms with E-state index in [1.165, 1.54) is 0 Å². The van der Waals surface area contributed by atoms with Gasteiger partial charge in [-0.1, -0.05) is 24.3 Å². The molecule has 2 aromatic rings. The predicted molar refractivity (Wildman–Crippen MR) is 101 cm³/mol. The minimum Gasteiger partial charge on any atom is -0.508 e. The quantitative estimate of drug-likeness (QED) is 0.876. The summed E-state index contributed by atoms with van der Waals surface area (Å²) in [6, 6.07) is 14.5. The topological polar surface area (TPSA) is 75.6 Å². The molecule has 1 aliphatic carbocycles. The number of amides is 1. The van der Waals surface area contributed by atoms with Crippen LogP contribution in [-0.4, -0.2) is 23.9 Å². The number of hydrogen-bond donors (Lipinski definition) is 2. The fourth-order valence-corrected chi connectivity index (χ4v) is 4.06. The molecule has 2 aliphatic rings. The Hall–Kier alpha value is -3.08. The largest absolute Gasteiger partial charge is 0.508 e. The first-order chi connectivity index (χ1) is 13.0. The van der Waals surface area contributed by atoms with Crippen LogP contribution in [0.1, 0.15) is 42.2 Å². The second-order valence-corrected chi connectivity index (χ2v) is 7.09. The molecular formula is C22H21NO4. The van der Waals surface area contributed by atoms with Crippen molar-refractivity contribution in [2.75, 3.05) is 7.11 Å². The van der Waals surface area contributed by atoms with Gasteiger partial charge in [-0.2, -0.15) is 0 Å². The van der Waals surface area contributed by atoms with Gasteiger partial charge in [-0.3, -0.25) is 9.59 Å². The number of rotatable bonds is 3. The van der Waals surface area contributed by atoms with Crippen LogP contribution in [0.15, 0.2) is 59.8 Å². The van der Waals surface area contributed by atoms with Gasteiger partial charge < -0.3 is 15.2 Å². The summed E-state index contributed by atoms with van der Waals surface area (Å²) in [6.07, 6.45) is 1.31. The number of carbonyl (C=O) groups excluding carboxylic acids is 2. The van der Waals surface area contributed by atoms with Gasteiger partial charge in [0.1, 0.15) is 11.5 Å². The molecule has 138 valence electrons. The molecule has 0 saturated heterocycles. The third-order valence-electron chi connectivity index (χ3n) is 5.42. The van der Waals surface area contributed by atoms with Crippen molar-refractivity contribution in [3.63, 3.8) is 0 Å². The molecule has 0 bridgehead atoms. The van der Waals surface area contributed by atoms with E-state index in [0.29, 0.717) is 18.4 Å². The molecule has 0 spiro atoms. The SMILES string of the molecule is COc1ccc([C@H]2CC(=O)C3=C(C2)NC(=O)C[C@@H]3c2ccc(O)cc2)cc1. The number of phenolic OH excluding ortho intramolecular Hbond substituents is 1. The number of Topliss-reactive ketones (excluding diaryl/α,β-unsaturated/α-hetero) is 1. The highest BCUT2D eigenvalue weighted by atomic mass is 16.5. The number of phenols is 1. The maximum Gasteiger partial charge on any atom is 0.225 e. The van der Waals surface area contributed by atoms with Gasteiger partial charge in [0, 0.05) is 30.0 Å². The van der Waals surface area contributed by atoms with Crippen LogP contribution in [0.3, 0.4) is 0 Å². The molecule has 5 heteroatoms. The van der Waals surface area contributed by atoms with Crippen molar-refractivity contribution in [1.82, 2.24) is 5.32 Å². The van der Waals surface area contributed by atoms with Crippen molar-refractivity contribution < 1.29 is 19.4 Å². The highest BCUT2D eigenvalue weighted by Crippen LogP contribution is 2.42. The second kappa shape index (κ2) is 6.91. The van der Waals surface area contributed by atoms with Gasteiger partial charge in [-0.15, -0.1) is 0 Å². The minimum absolute atomic E-state index is 0.0426. The zero-order valence-corrected chi connectivity index (χ0v) is 15.1. The van der Waals surface area contributed by atoms with Crippen molar-refractivity contribution in [1.29, 1.82) is 0 Å². The van der Waals surface area contributed by atoms with E-state index in [0.717, 1.165) is 22.6 Å². The van der Waals surface area contributed by atoms with E-state index >= 15 is 0 Å². The number of ketones is 1. The molecule has 1 aliphatic heterocycles. The first-order valence-electron chi connectivity index (χ1n) is 9.04. The Bertz CT molecular complexity index is 912. The monoisotopic (exact) mass is 363 g/mol. The summed E-state index contributed by atoms with van der Waals surface area (Å²) < 4.78 is 5.20. The summed E-state index contributed by atoms with van der Waals surface area (Å²) in [7, 11) is 1.62. The van der Waals surface area contributed by atoms with E-state index in [-0.39, 0.29) is 35.7 Å². The molecular weight excluding hydrogens is 342 g/mol. The lowest BCUT2D eigenvalue weighted by atomic mass is 9.73. The van der Waals surface area contributed by atoms with Crippen molar-refractivity contribution in [2.24, 2.45) is 0 Å². The van der Waals surface area contributed by atoms with E-state index in [2.05, 4.69) is 5.32 Å². The van der Waals surface area contributed by atoms with Crippen LogP contribution in [0.25, 0.3) is 0 Å². The Morgan fingerprint density at radius 1 is 0.926 bits per heavy atom. The van der Waals surface area contributed by atoms with Crippen molar-refractivity contribution in [2.45, 2.75) is 31.1 Å². The molecule has 1 heterocycles. The number of carbonyl (C=O) groups is 2. The van der Waals surface area contributed by atoms with E-state index in [4.69, 9.17) is 4.74 Å². The van der Waals surface area contributed by atoms with Gasteiger partial charge in [0.15, 0.2) is 5.78 Å². The summed E-state index contributed by atoms with van der Waals surface area (Å²) in [5.74, 6) is 0.742. The molecule has 1 amide bonds. The number of ether oxygens (including phenoxy) is 1. The number of nitrogens with one attached hydrogen (secondary N) is 1. The Morgan fingerprint density at radius 2 is 1.59 bits per heavy atom. The standard InChI is InChI=1S/C22H21NO4/c1-27-17-8-4-13(5-9-17)15-10-19-22(20(25)11-15)18(12-21(26)23-19)14-2-6-16(24)7-3-14/h2-9,15,18,24H,10-12H2,1H3,(H,23,26)/t15-,18-/m1/s1. The highest BCUT2D eigenvalue weighted by molar-refractivity contribution is 6.02. The van der Waals surface area contributed by atoms with Gasteiger partial charge in [0.25, 0.3) is 0 Å². The van der Waals surface area contributed by atoms with Gasteiger partial charge >= 0.3 is 0 Å². The molecule has 0 unspecified atom stereocenters. The van der Waals surface area contributed by atoms with Crippen LogP contribution in [0.5, 0.6) is 11.5 Å². The molecule has 2 aromatic carbocycles. The van der Waals surface area contributed by atoms with Gasteiger partial charge in [0.2, 0.25) is 5.91 Å². The number of methoxy groups -OCH3 is 1. The van der Waals surface area contributed by atoms with Crippen LogP contribution in [0.4, 0.5) is 0 Å². The molecule has 0 saturated carbocycles. The van der Waals surface area contributed by atoms with E-state index in [1.54, 1.807) is 31.4 Å². The third kappa shape index (κ3) is 3.33. The average molecular weight is 363 g/mol. The average Bonchev–Trinajstić information content (AvgIpc) is 2.67. The minimum atomic E-state index is -0.251. The molecule has 2 N–H and O–H groups in total. The maximum atomic E-state index is 13.0. The summed E-state index contributed by atoms with van der Waals surface area (Å²) in [5.41, 5.74) is 3.40. The fourth-order valence-electron chi connectivity index (χ4n) is 4.06. The predicted octanol–water partition coefficient (Wildman–Crippen LogP) is 3.41. The van der Waals surface area contributed by atoms with Crippen molar-refractivity contribution in [3.8, 4) is 11.5 Å². The Kier molecular flexibility index (Phi) is 4.44. The van der Waals surface area contributed by atoms with Crippen molar-refractivity contribution >= 4 is 11.7 Å². The Labute approximate surface area is 157 Å². The van der Waals surface area contributed by atoms with Gasteiger partial charge in [-0.25, -0.2) is 0 Å². The number of hydrogen-bond acceptors (Lipinski definition) is 4. The second-order valence-electron chi connectivity index (χ2n) is 7.09. The summed E-state index contributed by atoms with van der Waals surface area (Å²) >= 11 is 0.